The molecule has 0 aliphatic heterocycles. The molecule has 5 heteroatoms. The second kappa shape index (κ2) is 4.34. The Morgan fingerprint density at radius 1 is 1.69 bits per heavy atom. The van der Waals surface area contributed by atoms with E-state index in [2.05, 4.69) is 0 Å². The summed E-state index contributed by atoms with van der Waals surface area (Å²) in [6, 6.07) is 3.49. The van der Waals surface area contributed by atoms with Crippen molar-refractivity contribution in [3.8, 4) is 0 Å². The second-order valence-electron chi connectivity index (χ2n) is 3.01. The van der Waals surface area contributed by atoms with Gasteiger partial charge in [0.05, 0.1) is 4.92 Å². The molecule has 1 atom stereocenters. The van der Waals surface area contributed by atoms with Crippen LogP contribution in [0.1, 0.15) is 18.2 Å². The van der Waals surface area contributed by atoms with E-state index < -0.39 is 0 Å². The molecule has 0 unspecified atom stereocenters. The number of hydrogen-bond acceptors (Lipinski definition) is 4. The molecular weight excluding hydrogens is 188 g/mol. The Bertz CT molecular complexity index is 296. The van der Waals surface area contributed by atoms with Crippen molar-refractivity contribution < 1.29 is 4.92 Å². The fraction of sp³-hybridized carbons (Fsp3) is 0.500. The van der Waals surface area contributed by atoms with Gasteiger partial charge in [-0.05, 0) is 25.8 Å². The lowest BCUT2D eigenvalue weighted by Crippen LogP contribution is -2.14. The Labute approximate surface area is 80.5 Å². The van der Waals surface area contributed by atoms with E-state index in [4.69, 9.17) is 5.73 Å². The minimum Gasteiger partial charge on any atom is -0.328 e. The van der Waals surface area contributed by atoms with Gasteiger partial charge < -0.3 is 5.73 Å². The fourth-order valence-corrected chi connectivity index (χ4v) is 1.80. The Morgan fingerprint density at radius 2 is 2.38 bits per heavy atom. The lowest BCUT2D eigenvalue weighted by molar-refractivity contribution is -0.380. The molecule has 4 nitrogen and oxygen atoms in total. The second-order valence-corrected chi connectivity index (χ2v) is 4.16. The van der Waals surface area contributed by atoms with Gasteiger partial charge in [0, 0.05) is 17.0 Å². The van der Waals surface area contributed by atoms with Crippen molar-refractivity contribution in [3.05, 3.63) is 27.1 Å². The van der Waals surface area contributed by atoms with Crippen LogP contribution in [0.3, 0.4) is 0 Å². The maximum atomic E-state index is 10.3. The van der Waals surface area contributed by atoms with Crippen LogP contribution in [0.25, 0.3) is 0 Å². The molecule has 1 aromatic rings. The van der Waals surface area contributed by atoms with Crippen molar-refractivity contribution in [2.45, 2.75) is 25.8 Å². The van der Waals surface area contributed by atoms with E-state index in [1.54, 1.807) is 12.1 Å². The molecule has 1 heterocycles. The zero-order valence-corrected chi connectivity index (χ0v) is 8.21. The maximum Gasteiger partial charge on any atom is 0.324 e. The third-order valence-corrected chi connectivity index (χ3v) is 2.77. The van der Waals surface area contributed by atoms with Crippen LogP contribution >= 0.6 is 11.3 Å². The first-order chi connectivity index (χ1) is 6.09. The monoisotopic (exact) mass is 200 g/mol. The van der Waals surface area contributed by atoms with Gasteiger partial charge in [0.1, 0.15) is 0 Å². The van der Waals surface area contributed by atoms with E-state index in [9.17, 15) is 10.1 Å². The molecule has 72 valence electrons. The molecule has 0 saturated heterocycles. The maximum absolute atomic E-state index is 10.3. The van der Waals surface area contributed by atoms with Crippen LogP contribution in [-0.4, -0.2) is 11.0 Å². The number of nitrogens with zero attached hydrogens (tertiary/aromatic N) is 1. The summed E-state index contributed by atoms with van der Waals surface area (Å²) in [5.41, 5.74) is 5.58. The third-order valence-electron chi connectivity index (χ3n) is 1.67. The van der Waals surface area contributed by atoms with Gasteiger partial charge in [-0.1, -0.05) is 11.3 Å². The van der Waals surface area contributed by atoms with Gasteiger partial charge in [-0.2, -0.15) is 0 Å². The van der Waals surface area contributed by atoms with Gasteiger partial charge in [0.15, 0.2) is 0 Å². The fourth-order valence-electron chi connectivity index (χ4n) is 0.969. The van der Waals surface area contributed by atoms with Crippen molar-refractivity contribution in [2.75, 3.05) is 0 Å². The summed E-state index contributed by atoms with van der Waals surface area (Å²) in [4.78, 5) is 11.0. The first-order valence-electron chi connectivity index (χ1n) is 4.08. The molecule has 0 aliphatic carbocycles. The average Bonchev–Trinajstić information content (AvgIpc) is 2.48. The summed E-state index contributed by atoms with van der Waals surface area (Å²) in [5.74, 6) is 0. The molecule has 0 spiro atoms. The molecular formula is C8H12N2O2S. The number of rotatable bonds is 4. The summed E-state index contributed by atoms with van der Waals surface area (Å²) >= 11 is 1.23. The highest BCUT2D eigenvalue weighted by Gasteiger charge is 2.09. The first kappa shape index (κ1) is 10.1. The van der Waals surface area contributed by atoms with Crippen LogP contribution in [0.2, 0.25) is 0 Å². The van der Waals surface area contributed by atoms with E-state index in [0.717, 1.165) is 17.7 Å². The van der Waals surface area contributed by atoms with Crippen molar-refractivity contribution in [1.29, 1.82) is 0 Å². The van der Waals surface area contributed by atoms with E-state index in [1.807, 2.05) is 6.92 Å². The number of nitro groups is 1. The zero-order chi connectivity index (χ0) is 9.84. The quantitative estimate of drug-likeness (QED) is 0.596. The standard InChI is InChI=1S/C8H12N2O2S/c1-6(9)2-3-7-4-5-8(13-7)10(11)12/h4-6H,2-3,9H2,1H3/t6-/m0/s1. The number of thiophene rings is 1. The number of aryl methyl sites for hydroxylation is 1. The minimum atomic E-state index is -0.361. The predicted octanol–water partition coefficient (Wildman–Crippen LogP) is 1.94. The SMILES string of the molecule is C[C@H](N)CCc1ccc([N+](=O)[O-])s1. The van der Waals surface area contributed by atoms with Gasteiger partial charge in [-0.3, -0.25) is 10.1 Å². The molecule has 1 rings (SSSR count). The van der Waals surface area contributed by atoms with E-state index in [0.29, 0.717) is 0 Å². The van der Waals surface area contributed by atoms with Gasteiger partial charge in [0.25, 0.3) is 0 Å². The van der Waals surface area contributed by atoms with Crippen molar-refractivity contribution in [1.82, 2.24) is 0 Å². The lowest BCUT2D eigenvalue weighted by Gasteiger charge is -2.00. The van der Waals surface area contributed by atoms with Gasteiger partial charge in [-0.15, -0.1) is 0 Å². The lowest BCUT2D eigenvalue weighted by atomic mass is 10.2. The highest BCUT2D eigenvalue weighted by molar-refractivity contribution is 7.15. The molecule has 0 fully saturated rings. The molecule has 0 aliphatic rings. The molecule has 0 bridgehead atoms. The minimum absolute atomic E-state index is 0.154. The molecule has 2 N–H and O–H groups in total. The largest absolute Gasteiger partial charge is 0.328 e. The predicted molar refractivity (Wildman–Crippen MR) is 52.9 cm³/mol. The Morgan fingerprint density at radius 3 is 2.85 bits per heavy atom. The summed E-state index contributed by atoms with van der Waals surface area (Å²) < 4.78 is 0. The van der Waals surface area contributed by atoms with Gasteiger partial charge in [-0.25, -0.2) is 0 Å². The van der Waals surface area contributed by atoms with Crippen molar-refractivity contribution in [3.63, 3.8) is 0 Å². The van der Waals surface area contributed by atoms with Crippen LogP contribution in [0.5, 0.6) is 0 Å². The molecule has 0 saturated carbocycles. The summed E-state index contributed by atoms with van der Waals surface area (Å²) in [6.45, 7) is 1.93. The summed E-state index contributed by atoms with van der Waals surface area (Å²) in [7, 11) is 0. The molecule has 0 aromatic carbocycles. The topological polar surface area (TPSA) is 69.2 Å². The average molecular weight is 200 g/mol. The van der Waals surface area contributed by atoms with Gasteiger partial charge in [0.2, 0.25) is 0 Å². The van der Waals surface area contributed by atoms with E-state index in [1.165, 1.54) is 11.3 Å². The van der Waals surface area contributed by atoms with Crippen LogP contribution < -0.4 is 5.73 Å². The van der Waals surface area contributed by atoms with Gasteiger partial charge >= 0.3 is 5.00 Å². The van der Waals surface area contributed by atoms with Crippen molar-refractivity contribution >= 4 is 16.3 Å². The Hall–Kier alpha value is -0.940. The van der Waals surface area contributed by atoms with Crippen LogP contribution in [0.4, 0.5) is 5.00 Å². The summed E-state index contributed by atoms with van der Waals surface area (Å²) in [5, 5.41) is 10.6. The first-order valence-corrected chi connectivity index (χ1v) is 4.90. The smallest absolute Gasteiger partial charge is 0.324 e. The molecule has 0 radical (unpaired) electrons. The third kappa shape index (κ3) is 3.12. The highest BCUT2D eigenvalue weighted by Crippen LogP contribution is 2.24. The van der Waals surface area contributed by atoms with Crippen molar-refractivity contribution in [2.24, 2.45) is 5.73 Å². The van der Waals surface area contributed by atoms with Crippen LogP contribution in [0, 0.1) is 10.1 Å². The Balaban J connectivity index is 2.54. The Kier molecular flexibility index (Phi) is 3.39. The summed E-state index contributed by atoms with van der Waals surface area (Å²) in [6.07, 6.45) is 1.70. The molecule has 13 heavy (non-hydrogen) atoms. The van der Waals surface area contributed by atoms with Crippen LogP contribution in [-0.2, 0) is 6.42 Å². The molecule has 0 amide bonds. The van der Waals surface area contributed by atoms with E-state index in [-0.39, 0.29) is 16.0 Å². The highest BCUT2D eigenvalue weighted by atomic mass is 32.1. The van der Waals surface area contributed by atoms with Crippen LogP contribution in [0.15, 0.2) is 12.1 Å². The molecule has 1 aromatic heterocycles. The number of hydrogen-bond donors (Lipinski definition) is 1. The number of nitrogens with two attached hydrogens (primary N) is 1. The van der Waals surface area contributed by atoms with E-state index >= 15 is 0 Å². The normalized spacial score (nSPS) is 12.8. The zero-order valence-electron chi connectivity index (χ0n) is 7.40.